The maximum absolute atomic E-state index is 5.97. The number of hydrogen-bond acceptors (Lipinski definition) is 3. The van der Waals surface area contributed by atoms with Gasteiger partial charge >= 0.3 is 0 Å². The zero-order chi connectivity index (χ0) is 16.8. The van der Waals surface area contributed by atoms with Crippen molar-refractivity contribution in [2.45, 2.75) is 19.0 Å². The molecule has 3 rings (SSSR count). The summed E-state index contributed by atoms with van der Waals surface area (Å²) >= 11 is 0. The first kappa shape index (κ1) is 16.5. The molecule has 0 fully saturated rings. The van der Waals surface area contributed by atoms with E-state index >= 15 is 0 Å². The summed E-state index contributed by atoms with van der Waals surface area (Å²) in [5.74, 6) is 0.883. The van der Waals surface area contributed by atoms with Crippen molar-refractivity contribution in [1.29, 1.82) is 0 Å². The molecule has 3 aromatic rings. The molecule has 3 heteroatoms. The van der Waals surface area contributed by atoms with Crippen LogP contribution in [0.1, 0.15) is 11.1 Å². The number of hydrogen-bond donors (Lipinski definition) is 2. The SMILES string of the molecule is COc1cccc(CNC(CN)Cc2ccc3ccccc3c2)c1. The second-order valence-electron chi connectivity index (χ2n) is 6.05. The summed E-state index contributed by atoms with van der Waals surface area (Å²) in [7, 11) is 1.69. The van der Waals surface area contributed by atoms with Crippen LogP contribution >= 0.6 is 0 Å². The maximum atomic E-state index is 5.97. The Hall–Kier alpha value is -2.36. The van der Waals surface area contributed by atoms with Crippen molar-refractivity contribution in [3.05, 3.63) is 77.9 Å². The zero-order valence-electron chi connectivity index (χ0n) is 14.0. The molecule has 3 N–H and O–H groups in total. The Kier molecular flexibility index (Phi) is 5.47. The Bertz CT molecular complexity index is 800. The van der Waals surface area contributed by atoms with Gasteiger partial charge in [0.25, 0.3) is 0 Å². The number of ether oxygens (including phenoxy) is 1. The molecule has 3 aromatic carbocycles. The van der Waals surface area contributed by atoms with Gasteiger partial charge in [-0.2, -0.15) is 0 Å². The smallest absolute Gasteiger partial charge is 0.119 e. The molecular formula is C21H24N2O. The third kappa shape index (κ3) is 4.13. The van der Waals surface area contributed by atoms with Crippen molar-refractivity contribution < 1.29 is 4.74 Å². The second-order valence-corrected chi connectivity index (χ2v) is 6.05. The number of methoxy groups -OCH3 is 1. The standard InChI is InChI=1S/C21H24N2O/c1-24-21-8-4-5-17(13-21)15-23-20(14-22)12-16-9-10-18-6-2-3-7-19(18)11-16/h2-11,13,20,23H,12,14-15,22H2,1H3. The quantitative estimate of drug-likeness (QED) is 0.700. The van der Waals surface area contributed by atoms with Gasteiger partial charge in [-0.3, -0.25) is 0 Å². The predicted molar refractivity (Wildman–Crippen MR) is 100 cm³/mol. The molecular weight excluding hydrogens is 296 g/mol. The van der Waals surface area contributed by atoms with Crippen LogP contribution in [0.2, 0.25) is 0 Å². The Morgan fingerprint density at radius 3 is 2.54 bits per heavy atom. The maximum Gasteiger partial charge on any atom is 0.119 e. The van der Waals surface area contributed by atoms with E-state index in [9.17, 15) is 0 Å². The molecule has 1 atom stereocenters. The predicted octanol–water partition coefficient (Wildman–Crippen LogP) is 3.51. The fraction of sp³-hybridized carbons (Fsp3) is 0.238. The van der Waals surface area contributed by atoms with Crippen LogP contribution in [-0.2, 0) is 13.0 Å². The molecule has 0 heterocycles. The van der Waals surface area contributed by atoms with E-state index in [2.05, 4.69) is 59.9 Å². The van der Waals surface area contributed by atoms with Gasteiger partial charge in [-0.05, 0) is 40.5 Å². The van der Waals surface area contributed by atoms with Gasteiger partial charge in [0.1, 0.15) is 5.75 Å². The Balaban J connectivity index is 1.64. The van der Waals surface area contributed by atoms with Crippen LogP contribution in [0.3, 0.4) is 0 Å². The minimum atomic E-state index is 0.248. The molecule has 124 valence electrons. The van der Waals surface area contributed by atoms with Crippen molar-refractivity contribution in [3.63, 3.8) is 0 Å². The Morgan fingerprint density at radius 1 is 0.917 bits per heavy atom. The first-order valence-corrected chi connectivity index (χ1v) is 8.32. The van der Waals surface area contributed by atoms with E-state index in [1.165, 1.54) is 21.9 Å². The van der Waals surface area contributed by atoms with Crippen molar-refractivity contribution in [1.82, 2.24) is 5.32 Å². The summed E-state index contributed by atoms with van der Waals surface area (Å²) in [5, 5.41) is 6.10. The van der Waals surface area contributed by atoms with Gasteiger partial charge in [-0.1, -0.05) is 54.6 Å². The van der Waals surface area contributed by atoms with E-state index in [1.807, 2.05) is 12.1 Å². The normalized spacial score (nSPS) is 12.2. The van der Waals surface area contributed by atoms with Crippen LogP contribution in [0.25, 0.3) is 10.8 Å². The number of nitrogens with two attached hydrogens (primary N) is 1. The van der Waals surface area contributed by atoms with Gasteiger partial charge in [0, 0.05) is 19.1 Å². The third-order valence-electron chi connectivity index (χ3n) is 4.31. The molecule has 0 bridgehead atoms. The molecule has 0 aliphatic heterocycles. The second kappa shape index (κ2) is 7.95. The minimum absolute atomic E-state index is 0.248. The molecule has 3 nitrogen and oxygen atoms in total. The Morgan fingerprint density at radius 2 is 1.75 bits per heavy atom. The lowest BCUT2D eigenvalue weighted by molar-refractivity contribution is 0.413. The average Bonchev–Trinajstić information content (AvgIpc) is 2.65. The lowest BCUT2D eigenvalue weighted by Crippen LogP contribution is -2.37. The van der Waals surface area contributed by atoms with E-state index in [1.54, 1.807) is 7.11 Å². The fourth-order valence-corrected chi connectivity index (χ4v) is 2.93. The van der Waals surface area contributed by atoms with Gasteiger partial charge < -0.3 is 15.8 Å². The van der Waals surface area contributed by atoms with Crippen molar-refractivity contribution >= 4 is 10.8 Å². The molecule has 0 radical (unpaired) electrons. The molecule has 0 saturated carbocycles. The van der Waals surface area contributed by atoms with E-state index in [0.29, 0.717) is 6.54 Å². The van der Waals surface area contributed by atoms with Gasteiger partial charge in [-0.25, -0.2) is 0 Å². The topological polar surface area (TPSA) is 47.3 Å². The third-order valence-corrected chi connectivity index (χ3v) is 4.31. The van der Waals surface area contributed by atoms with Crippen LogP contribution in [0.4, 0.5) is 0 Å². The van der Waals surface area contributed by atoms with E-state index in [-0.39, 0.29) is 6.04 Å². The zero-order valence-corrected chi connectivity index (χ0v) is 14.0. The summed E-state index contributed by atoms with van der Waals surface area (Å²) in [6.45, 7) is 1.39. The van der Waals surface area contributed by atoms with Crippen molar-refractivity contribution in [2.24, 2.45) is 5.73 Å². The highest BCUT2D eigenvalue weighted by molar-refractivity contribution is 5.83. The van der Waals surface area contributed by atoms with Crippen LogP contribution in [0.5, 0.6) is 5.75 Å². The molecule has 0 aromatic heterocycles. The Labute approximate surface area is 143 Å². The molecule has 24 heavy (non-hydrogen) atoms. The summed E-state index contributed by atoms with van der Waals surface area (Å²) in [5.41, 5.74) is 8.47. The number of benzene rings is 3. The summed E-state index contributed by atoms with van der Waals surface area (Å²) in [6, 6.07) is 23.4. The summed E-state index contributed by atoms with van der Waals surface area (Å²) < 4.78 is 5.27. The van der Waals surface area contributed by atoms with Crippen LogP contribution in [0.15, 0.2) is 66.7 Å². The molecule has 0 aliphatic carbocycles. The fourth-order valence-electron chi connectivity index (χ4n) is 2.93. The monoisotopic (exact) mass is 320 g/mol. The van der Waals surface area contributed by atoms with E-state index in [0.717, 1.165) is 18.7 Å². The van der Waals surface area contributed by atoms with Crippen LogP contribution in [0, 0.1) is 0 Å². The largest absolute Gasteiger partial charge is 0.497 e. The van der Waals surface area contributed by atoms with Crippen molar-refractivity contribution in [3.8, 4) is 5.75 Å². The highest BCUT2D eigenvalue weighted by Gasteiger charge is 2.08. The van der Waals surface area contributed by atoms with Crippen molar-refractivity contribution in [2.75, 3.05) is 13.7 Å². The molecule has 0 saturated heterocycles. The van der Waals surface area contributed by atoms with Crippen LogP contribution < -0.4 is 15.8 Å². The first-order chi connectivity index (χ1) is 11.8. The van der Waals surface area contributed by atoms with Crippen LogP contribution in [-0.4, -0.2) is 19.7 Å². The minimum Gasteiger partial charge on any atom is -0.497 e. The highest BCUT2D eigenvalue weighted by atomic mass is 16.5. The van der Waals surface area contributed by atoms with E-state index < -0.39 is 0 Å². The average molecular weight is 320 g/mol. The van der Waals surface area contributed by atoms with E-state index in [4.69, 9.17) is 10.5 Å². The number of rotatable bonds is 7. The molecule has 0 amide bonds. The number of nitrogens with one attached hydrogen (secondary N) is 1. The first-order valence-electron chi connectivity index (χ1n) is 8.32. The number of fused-ring (bicyclic) bond motifs is 1. The molecule has 0 aliphatic rings. The lowest BCUT2D eigenvalue weighted by Gasteiger charge is -2.17. The highest BCUT2D eigenvalue weighted by Crippen LogP contribution is 2.17. The van der Waals surface area contributed by atoms with Gasteiger partial charge in [0.05, 0.1) is 7.11 Å². The lowest BCUT2D eigenvalue weighted by atomic mass is 10.0. The molecule has 0 spiro atoms. The summed E-state index contributed by atoms with van der Waals surface area (Å²) in [6.07, 6.45) is 0.922. The van der Waals surface area contributed by atoms with Gasteiger partial charge in [0.15, 0.2) is 0 Å². The molecule has 1 unspecified atom stereocenters. The summed E-state index contributed by atoms with van der Waals surface area (Å²) in [4.78, 5) is 0. The van der Waals surface area contributed by atoms with Gasteiger partial charge in [-0.15, -0.1) is 0 Å². The van der Waals surface area contributed by atoms with Gasteiger partial charge in [0.2, 0.25) is 0 Å².